The number of nitrogens with one attached hydrogen (secondary N) is 3. The molecule has 3 amide bonds. The predicted octanol–water partition coefficient (Wildman–Crippen LogP) is 1.41. The van der Waals surface area contributed by atoms with Gasteiger partial charge < -0.3 is 15.4 Å². The monoisotopic (exact) mass is 293 g/mol. The van der Waals surface area contributed by atoms with Crippen LogP contribution in [0.15, 0.2) is 24.3 Å². The second-order valence-electron chi connectivity index (χ2n) is 5.01. The van der Waals surface area contributed by atoms with Crippen molar-refractivity contribution in [3.05, 3.63) is 29.8 Å². The summed E-state index contributed by atoms with van der Waals surface area (Å²) in [6.45, 7) is 6.55. The first-order valence-electron chi connectivity index (χ1n) is 6.94. The zero-order valence-electron chi connectivity index (χ0n) is 12.9. The topological polar surface area (TPSA) is 79.5 Å². The number of imide groups is 1. The molecule has 116 valence electrons. The van der Waals surface area contributed by atoms with Gasteiger partial charge in [0.05, 0.1) is 0 Å². The van der Waals surface area contributed by atoms with Gasteiger partial charge in [-0.2, -0.15) is 0 Å². The summed E-state index contributed by atoms with van der Waals surface area (Å²) in [6, 6.07) is 7.37. The maximum absolute atomic E-state index is 11.7. The summed E-state index contributed by atoms with van der Waals surface area (Å²) in [5.41, 5.74) is 1.14. The molecule has 1 atom stereocenters. The first-order valence-corrected chi connectivity index (χ1v) is 6.94. The molecular weight excluding hydrogens is 270 g/mol. The van der Waals surface area contributed by atoms with Crippen LogP contribution < -0.4 is 20.7 Å². The van der Waals surface area contributed by atoms with Gasteiger partial charge in [-0.25, -0.2) is 4.79 Å². The molecule has 6 heteroatoms. The molecule has 0 spiro atoms. The van der Waals surface area contributed by atoms with E-state index in [0.717, 1.165) is 12.1 Å². The van der Waals surface area contributed by atoms with Crippen LogP contribution in [0.4, 0.5) is 4.79 Å². The van der Waals surface area contributed by atoms with E-state index in [4.69, 9.17) is 4.74 Å². The van der Waals surface area contributed by atoms with E-state index in [9.17, 15) is 9.59 Å². The molecule has 1 unspecified atom stereocenters. The van der Waals surface area contributed by atoms with Crippen LogP contribution in [0.2, 0.25) is 0 Å². The van der Waals surface area contributed by atoms with Gasteiger partial charge in [0.15, 0.2) is 6.10 Å². The number of carbonyl (C=O) groups excluding carboxylic acids is 2. The third kappa shape index (κ3) is 6.27. The van der Waals surface area contributed by atoms with E-state index in [1.54, 1.807) is 19.1 Å². The highest BCUT2D eigenvalue weighted by molar-refractivity contribution is 5.96. The van der Waals surface area contributed by atoms with Crippen molar-refractivity contribution in [1.29, 1.82) is 0 Å². The van der Waals surface area contributed by atoms with Crippen molar-refractivity contribution in [3.63, 3.8) is 0 Å². The lowest BCUT2D eigenvalue weighted by Gasteiger charge is -2.14. The maximum Gasteiger partial charge on any atom is 0.321 e. The van der Waals surface area contributed by atoms with Gasteiger partial charge in [0.25, 0.3) is 5.91 Å². The Morgan fingerprint density at radius 2 is 1.76 bits per heavy atom. The molecule has 21 heavy (non-hydrogen) atoms. The molecule has 0 aromatic heterocycles. The van der Waals surface area contributed by atoms with Crippen LogP contribution >= 0.6 is 0 Å². The van der Waals surface area contributed by atoms with Crippen molar-refractivity contribution in [2.24, 2.45) is 0 Å². The van der Waals surface area contributed by atoms with Crippen LogP contribution in [0.1, 0.15) is 26.3 Å². The van der Waals surface area contributed by atoms with Gasteiger partial charge in [0.1, 0.15) is 5.75 Å². The Balaban J connectivity index is 2.51. The summed E-state index contributed by atoms with van der Waals surface area (Å²) in [6.07, 6.45) is -0.748. The quantitative estimate of drug-likeness (QED) is 0.741. The van der Waals surface area contributed by atoms with Gasteiger partial charge in [-0.3, -0.25) is 10.1 Å². The van der Waals surface area contributed by atoms with E-state index in [-0.39, 0.29) is 0 Å². The second-order valence-corrected chi connectivity index (χ2v) is 5.01. The summed E-state index contributed by atoms with van der Waals surface area (Å²) in [5, 5.41) is 7.80. The highest BCUT2D eigenvalue weighted by Gasteiger charge is 2.16. The lowest BCUT2D eigenvalue weighted by atomic mass is 10.2. The average Bonchev–Trinajstić information content (AvgIpc) is 2.46. The lowest BCUT2D eigenvalue weighted by Crippen LogP contribution is -2.43. The number of benzene rings is 1. The van der Waals surface area contributed by atoms with E-state index in [1.165, 1.54) is 7.05 Å². The smallest absolute Gasteiger partial charge is 0.321 e. The number of amides is 3. The van der Waals surface area contributed by atoms with E-state index >= 15 is 0 Å². The number of hydrogen-bond donors (Lipinski definition) is 3. The SMILES string of the molecule is CNC(=O)NC(=O)C(C)Oc1ccc(CNC(C)C)cc1. The molecule has 1 aromatic carbocycles. The Labute approximate surface area is 125 Å². The summed E-state index contributed by atoms with van der Waals surface area (Å²) in [7, 11) is 1.44. The first kappa shape index (κ1) is 17.0. The van der Waals surface area contributed by atoms with Crippen molar-refractivity contribution in [2.75, 3.05) is 7.05 Å². The molecule has 0 saturated heterocycles. The summed E-state index contributed by atoms with van der Waals surface area (Å²) < 4.78 is 5.49. The standard InChI is InChI=1S/C15H23N3O3/c1-10(2)17-9-12-5-7-13(8-6-12)21-11(3)14(19)18-15(20)16-4/h5-8,10-11,17H,9H2,1-4H3,(H2,16,18,19,20). The fourth-order valence-electron chi connectivity index (χ4n) is 1.54. The van der Waals surface area contributed by atoms with Crippen LogP contribution in [0.5, 0.6) is 5.75 Å². The Morgan fingerprint density at radius 1 is 1.14 bits per heavy atom. The fraction of sp³-hybridized carbons (Fsp3) is 0.467. The molecule has 1 aromatic rings. The maximum atomic E-state index is 11.7. The van der Waals surface area contributed by atoms with Gasteiger partial charge in [0.2, 0.25) is 0 Å². The minimum atomic E-state index is -0.748. The molecule has 0 fully saturated rings. The minimum Gasteiger partial charge on any atom is -0.481 e. The van der Waals surface area contributed by atoms with Gasteiger partial charge >= 0.3 is 6.03 Å². The van der Waals surface area contributed by atoms with Gasteiger partial charge in [-0.1, -0.05) is 26.0 Å². The molecule has 0 aliphatic heterocycles. The van der Waals surface area contributed by atoms with E-state index in [1.807, 2.05) is 12.1 Å². The summed E-state index contributed by atoms with van der Waals surface area (Å²) in [4.78, 5) is 22.7. The number of carbonyl (C=O) groups is 2. The van der Waals surface area contributed by atoms with Crippen molar-refractivity contribution in [2.45, 2.75) is 39.5 Å². The Morgan fingerprint density at radius 3 is 2.29 bits per heavy atom. The average molecular weight is 293 g/mol. The third-order valence-electron chi connectivity index (χ3n) is 2.78. The second kappa shape index (κ2) is 8.26. The van der Waals surface area contributed by atoms with E-state index < -0.39 is 18.0 Å². The molecule has 3 N–H and O–H groups in total. The van der Waals surface area contributed by atoms with Crippen molar-refractivity contribution >= 4 is 11.9 Å². The Bertz CT molecular complexity index is 472. The fourth-order valence-corrected chi connectivity index (χ4v) is 1.54. The molecule has 0 saturated carbocycles. The van der Waals surface area contributed by atoms with Crippen LogP contribution in [-0.2, 0) is 11.3 Å². The van der Waals surface area contributed by atoms with Gasteiger partial charge in [0, 0.05) is 19.6 Å². The van der Waals surface area contributed by atoms with Crippen molar-refractivity contribution in [3.8, 4) is 5.75 Å². The molecule has 0 aliphatic carbocycles. The Kier molecular flexibility index (Phi) is 6.68. The van der Waals surface area contributed by atoms with E-state index in [2.05, 4.69) is 29.8 Å². The molecule has 0 bridgehead atoms. The summed E-state index contributed by atoms with van der Waals surface area (Å²) in [5.74, 6) is 0.0998. The molecule has 1 rings (SSSR count). The highest BCUT2D eigenvalue weighted by Crippen LogP contribution is 2.14. The van der Waals surface area contributed by atoms with Gasteiger partial charge in [-0.15, -0.1) is 0 Å². The predicted molar refractivity (Wildman–Crippen MR) is 81.1 cm³/mol. The van der Waals surface area contributed by atoms with Crippen LogP contribution in [0, 0.1) is 0 Å². The Hall–Kier alpha value is -2.08. The highest BCUT2D eigenvalue weighted by atomic mass is 16.5. The number of hydrogen-bond acceptors (Lipinski definition) is 4. The summed E-state index contributed by atoms with van der Waals surface area (Å²) >= 11 is 0. The minimum absolute atomic E-state index is 0.425. The van der Waals surface area contributed by atoms with Crippen LogP contribution in [0.25, 0.3) is 0 Å². The van der Waals surface area contributed by atoms with Crippen LogP contribution in [-0.4, -0.2) is 31.1 Å². The zero-order chi connectivity index (χ0) is 15.8. The molecule has 0 heterocycles. The largest absolute Gasteiger partial charge is 0.481 e. The molecule has 6 nitrogen and oxygen atoms in total. The van der Waals surface area contributed by atoms with Gasteiger partial charge in [-0.05, 0) is 24.6 Å². The van der Waals surface area contributed by atoms with Crippen LogP contribution in [0.3, 0.4) is 0 Å². The number of ether oxygens (including phenoxy) is 1. The molecular formula is C15H23N3O3. The third-order valence-corrected chi connectivity index (χ3v) is 2.78. The first-order chi connectivity index (χ1) is 9.92. The molecule has 0 aliphatic rings. The lowest BCUT2D eigenvalue weighted by molar-refractivity contribution is -0.126. The zero-order valence-corrected chi connectivity index (χ0v) is 12.9. The van der Waals surface area contributed by atoms with E-state index in [0.29, 0.717) is 11.8 Å². The van der Waals surface area contributed by atoms with Crippen molar-refractivity contribution in [1.82, 2.24) is 16.0 Å². The normalized spacial score (nSPS) is 11.9. The van der Waals surface area contributed by atoms with Crippen molar-refractivity contribution < 1.29 is 14.3 Å². The number of urea groups is 1. The number of rotatable bonds is 6. The molecule has 0 radical (unpaired) electrons.